The molecule has 0 N–H and O–H groups in total. The Labute approximate surface area is 63.4 Å². The van der Waals surface area contributed by atoms with Gasteiger partial charge in [-0.05, 0) is 22.9 Å². The Morgan fingerprint density at radius 3 is 2.89 bits per heavy atom. The highest BCUT2D eigenvalue weighted by atomic mass is 79.9. The first-order chi connectivity index (χ1) is 4.20. The molecule has 0 fully saturated rings. The van der Waals surface area contributed by atoms with Crippen LogP contribution >= 0.6 is 15.9 Å². The fourth-order valence-electron chi connectivity index (χ4n) is 0.623. The van der Waals surface area contributed by atoms with Crippen molar-refractivity contribution in [1.29, 1.82) is 0 Å². The second-order valence-electron chi connectivity index (χ2n) is 2.13. The van der Waals surface area contributed by atoms with Crippen molar-refractivity contribution in [1.82, 2.24) is 4.90 Å². The van der Waals surface area contributed by atoms with Crippen LogP contribution in [0.25, 0.3) is 0 Å². The Kier molecular flexibility index (Phi) is 1.90. The highest BCUT2D eigenvalue weighted by Gasteiger charge is 2.05. The molecule has 50 valence electrons. The van der Waals surface area contributed by atoms with Gasteiger partial charge in [-0.1, -0.05) is 0 Å². The minimum Gasteiger partial charge on any atom is -0.370 e. The molecule has 0 saturated carbocycles. The fourth-order valence-corrected chi connectivity index (χ4v) is 1.10. The Morgan fingerprint density at radius 2 is 2.44 bits per heavy atom. The summed E-state index contributed by atoms with van der Waals surface area (Å²) in [6.45, 7) is 2.94. The maximum absolute atomic E-state index is 4.09. The normalized spacial score (nSPS) is 19.2. The third-order valence-electron chi connectivity index (χ3n) is 1.36. The van der Waals surface area contributed by atoms with E-state index in [-0.39, 0.29) is 0 Å². The second-order valence-corrected chi connectivity index (χ2v) is 3.05. The number of halogens is 1. The summed E-state index contributed by atoms with van der Waals surface area (Å²) in [5.41, 5.74) is 1.21. The van der Waals surface area contributed by atoms with E-state index in [0.29, 0.717) is 0 Å². The summed E-state index contributed by atoms with van der Waals surface area (Å²) in [7, 11) is 2.04. The smallest absolute Gasteiger partial charge is 0.102 e. The molecule has 3 heteroatoms. The summed E-state index contributed by atoms with van der Waals surface area (Å²) in [5, 5.41) is 0. The molecular weight excluding hydrogens is 180 g/mol. The standard InChI is InChI=1S/C6H9BrN2/c1-5-3-8-6(7)4-9(5)2/h3H,4H2,1-2H3. The van der Waals surface area contributed by atoms with Gasteiger partial charge in [0.1, 0.15) is 4.62 Å². The lowest BCUT2D eigenvalue weighted by Crippen LogP contribution is -2.23. The van der Waals surface area contributed by atoms with Crippen LogP contribution in [0.1, 0.15) is 6.92 Å². The molecule has 0 saturated heterocycles. The van der Waals surface area contributed by atoms with E-state index in [1.54, 1.807) is 0 Å². The van der Waals surface area contributed by atoms with E-state index in [0.717, 1.165) is 11.2 Å². The van der Waals surface area contributed by atoms with Crippen LogP contribution < -0.4 is 0 Å². The Balaban J connectivity index is 2.74. The maximum atomic E-state index is 4.09. The lowest BCUT2D eigenvalue weighted by molar-refractivity contribution is 0.474. The minimum absolute atomic E-state index is 0.891. The third kappa shape index (κ3) is 1.55. The van der Waals surface area contributed by atoms with Gasteiger partial charge in [0.15, 0.2) is 0 Å². The van der Waals surface area contributed by atoms with Crippen molar-refractivity contribution in [2.75, 3.05) is 13.6 Å². The number of allylic oxidation sites excluding steroid dienone is 1. The van der Waals surface area contributed by atoms with Crippen molar-refractivity contribution in [2.24, 2.45) is 4.99 Å². The molecule has 0 unspecified atom stereocenters. The summed E-state index contributed by atoms with van der Waals surface area (Å²) >= 11 is 3.32. The number of hydrogen-bond acceptors (Lipinski definition) is 2. The van der Waals surface area contributed by atoms with Crippen LogP contribution in [0.15, 0.2) is 16.9 Å². The molecule has 0 radical (unpaired) electrons. The molecule has 1 rings (SSSR count). The van der Waals surface area contributed by atoms with Gasteiger partial charge < -0.3 is 4.90 Å². The number of aliphatic imine (C=N–C) groups is 1. The predicted octanol–water partition coefficient (Wildman–Crippen LogP) is 1.59. The first-order valence-corrected chi connectivity index (χ1v) is 3.59. The van der Waals surface area contributed by atoms with Gasteiger partial charge in [-0.15, -0.1) is 0 Å². The summed E-state index contributed by atoms with van der Waals surface area (Å²) in [5.74, 6) is 0. The van der Waals surface area contributed by atoms with E-state index >= 15 is 0 Å². The molecule has 0 amide bonds. The number of hydrogen-bond donors (Lipinski definition) is 0. The minimum atomic E-state index is 0.891. The Morgan fingerprint density at radius 1 is 1.78 bits per heavy atom. The van der Waals surface area contributed by atoms with Gasteiger partial charge in [-0.3, -0.25) is 4.99 Å². The molecule has 9 heavy (non-hydrogen) atoms. The molecule has 1 aliphatic heterocycles. The topological polar surface area (TPSA) is 15.6 Å². The Bertz CT molecular complexity index is 172. The lowest BCUT2D eigenvalue weighted by Gasteiger charge is -2.21. The maximum Gasteiger partial charge on any atom is 0.102 e. The molecule has 0 bridgehead atoms. The zero-order valence-corrected chi connectivity index (χ0v) is 7.14. The summed E-state index contributed by atoms with van der Waals surface area (Å²) in [6, 6.07) is 0. The summed E-state index contributed by atoms with van der Waals surface area (Å²) in [6.07, 6.45) is 1.85. The molecule has 0 spiro atoms. The van der Waals surface area contributed by atoms with Crippen molar-refractivity contribution >= 4 is 20.6 Å². The predicted molar refractivity (Wildman–Crippen MR) is 42.7 cm³/mol. The van der Waals surface area contributed by atoms with Gasteiger partial charge in [0.25, 0.3) is 0 Å². The van der Waals surface area contributed by atoms with Crippen LogP contribution in [-0.2, 0) is 0 Å². The van der Waals surface area contributed by atoms with Crippen LogP contribution in [-0.4, -0.2) is 23.1 Å². The largest absolute Gasteiger partial charge is 0.370 e. The van der Waals surface area contributed by atoms with E-state index in [1.807, 2.05) is 20.2 Å². The molecular formula is C6H9BrN2. The highest BCUT2D eigenvalue weighted by molar-refractivity contribution is 9.18. The van der Waals surface area contributed by atoms with Gasteiger partial charge in [0.2, 0.25) is 0 Å². The highest BCUT2D eigenvalue weighted by Crippen LogP contribution is 2.08. The van der Waals surface area contributed by atoms with Crippen molar-refractivity contribution < 1.29 is 0 Å². The van der Waals surface area contributed by atoms with Crippen LogP contribution in [0.3, 0.4) is 0 Å². The monoisotopic (exact) mass is 188 g/mol. The van der Waals surface area contributed by atoms with Crippen molar-refractivity contribution in [2.45, 2.75) is 6.92 Å². The van der Waals surface area contributed by atoms with Gasteiger partial charge in [-0.2, -0.15) is 0 Å². The average molecular weight is 189 g/mol. The molecule has 0 aliphatic carbocycles. The van der Waals surface area contributed by atoms with E-state index in [2.05, 4.69) is 25.8 Å². The van der Waals surface area contributed by atoms with Crippen molar-refractivity contribution in [3.05, 3.63) is 11.9 Å². The first kappa shape index (κ1) is 6.81. The Hall–Kier alpha value is -0.310. The molecule has 0 aromatic heterocycles. The molecule has 0 atom stereocenters. The van der Waals surface area contributed by atoms with Crippen LogP contribution in [0, 0.1) is 0 Å². The zero-order valence-electron chi connectivity index (χ0n) is 5.56. The van der Waals surface area contributed by atoms with Gasteiger partial charge in [-0.25, -0.2) is 0 Å². The third-order valence-corrected chi connectivity index (χ3v) is 1.82. The van der Waals surface area contributed by atoms with Gasteiger partial charge in [0.05, 0.1) is 6.54 Å². The van der Waals surface area contributed by atoms with E-state index in [4.69, 9.17) is 0 Å². The van der Waals surface area contributed by atoms with Gasteiger partial charge >= 0.3 is 0 Å². The molecule has 1 aliphatic rings. The van der Waals surface area contributed by atoms with E-state index < -0.39 is 0 Å². The summed E-state index contributed by atoms with van der Waals surface area (Å²) in [4.78, 5) is 6.23. The molecule has 1 heterocycles. The quantitative estimate of drug-likeness (QED) is 0.564. The zero-order chi connectivity index (χ0) is 6.85. The number of rotatable bonds is 0. The van der Waals surface area contributed by atoms with E-state index in [9.17, 15) is 0 Å². The van der Waals surface area contributed by atoms with Crippen LogP contribution in [0.2, 0.25) is 0 Å². The van der Waals surface area contributed by atoms with Gasteiger partial charge in [0, 0.05) is 18.9 Å². The summed E-state index contributed by atoms with van der Waals surface area (Å²) < 4.78 is 0.996. The van der Waals surface area contributed by atoms with Crippen molar-refractivity contribution in [3.8, 4) is 0 Å². The SMILES string of the molecule is CC1=CN=C(Br)CN1C. The van der Waals surface area contributed by atoms with E-state index in [1.165, 1.54) is 5.70 Å². The average Bonchev–Trinajstić information content (AvgIpc) is 1.80. The molecule has 0 aromatic rings. The fraction of sp³-hybridized carbons (Fsp3) is 0.500. The molecule has 2 nitrogen and oxygen atoms in total. The number of nitrogens with zero attached hydrogens (tertiary/aromatic N) is 2. The lowest BCUT2D eigenvalue weighted by atomic mass is 10.4. The van der Waals surface area contributed by atoms with Crippen LogP contribution in [0.4, 0.5) is 0 Å². The van der Waals surface area contributed by atoms with Crippen molar-refractivity contribution in [3.63, 3.8) is 0 Å². The molecule has 0 aromatic carbocycles. The first-order valence-electron chi connectivity index (χ1n) is 2.80. The van der Waals surface area contributed by atoms with Crippen LogP contribution in [0.5, 0.6) is 0 Å². The second kappa shape index (κ2) is 2.52.